The molecule has 1 aromatic carbocycles. The average Bonchev–Trinajstić information content (AvgIpc) is 2.14. The van der Waals surface area contributed by atoms with E-state index in [0.29, 0.717) is 12.0 Å². The second kappa shape index (κ2) is 4.72. The highest BCUT2D eigenvalue weighted by atomic mass is 19.2. The number of hydrogen-bond acceptors (Lipinski definition) is 2. The summed E-state index contributed by atoms with van der Waals surface area (Å²) in [5, 5.41) is 17.4. The summed E-state index contributed by atoms with van der Waals surface area (Å²) in [5.74, 6) is -3.05. The maximum atomic E-state index is 12.7. The summed E-state index contributed by atoms with van der Waals surface area (Å²) in [7, 11) is 0. The van der Waals surface area contributed by atoms with Crippen molar-refractivity contribution in [3.8, 4) is 5.75 Å². The van der Waals surface area contributed by atoms with Crippen LogP contribution in [-0.2, 0) is 0 Å². The van der Waals surface area contributed by atoms with E-state index in [1.54, 1.807) is 6.08 Å². The lowest BCUT2D eigenvalue weighted by Crippen LogP contribution is -1.86. The molecule has 0 aliphatic carbocycles. The van der Waals surface area contributed by atoms with E-state index < -0.39 is 17.4 Å². The summed E-state index contributed by atoms with van der Waals surface area (Å²) in [5.41, 5.74) is 0.356. The summed E-state index contributed by atoms with van der Waals surface area (Å²) >= 11 is 0. The molecule has 0 amide bonds. The second-order valence-electron chi connectivity index (χ2n) is 2.75. The van der Waals surface area contributed by atoms with E-state index >= 15 is 0 Å². The summed E-state index contributed by atoms with van der Waals surface area (Å²) in [6, 6.07) is 2.09. The third-order valence-electron chi connectivity index (χ3n) is 1.64. The highest BCUT2D eigenvalue weighted by molar-refractivity contribution is 5.52. The number of halogens is 2. The zero-order valence-electron chi connectivity index (χ0n) is 7.37. The second-order valence-corrected chi connectivity index (χ2v) is 2.75. The quantitative estimate of drug-likeness (QED) is 0.784. The Hall–Kier alpha value is -1.42. The molecule has 0 saturated heterocycles. The van der Waals surface area contributed by atoms with E-state index in [2.05, 4.69) is 0 Å². The lowest BCUT2D eigenvalue weighted by Gasteiger charge is -1.99. The van der Waals surface area contributed by atoms with E-state index in [-0.39, 0.29) is 6.61 Å². The van der Waals surface area contributed by atoms with Crippen LogP contribution < -0.4 is 0 Å². The van der Waals surface area contributed by atoms with Crippen LogP contribution in [0.5, 0.6) is 5.75 Å². The Bertz CT molecular complexity index is 325. The number of aliphatic hydroxyl groups excluding tert-OH is 1. The molecule has 0 bridgehead atoms. The fourth-order valence-corrected chi connectivity index (χ4v) is 0.985. The van der Waals surface area contributed by atoms with Gasteiger partial charge in [0.05, 0.1) is 0 Å². The highest BCUT2D eigenvalue weighted by Crippen LogP contribution is 2.21. The normalized spacial score (nSPS) is 11.1. The van der Waals surface area contributed by atoms with Crippen molar-refractivity contribution in [3.63, 3.8) is 0 Å². The minimum Gasteiger partial charge on any atom is -0.505 e. The molecule has 1 aromatic rings. The molecule has 76 valence electrons. The van der Waals surface area contributed by atoms with Crippen LogP contribution in [0.25, 0.3) is 6.08 Å². The number of aliphatic hydroxyl groups is 1. The molecule has 1 rings (SSSR count). The Morgan fingerprint density at radius 2 is 2.00 bits per heavy atom. The Kier molecular flexibility index (Phi) is 3.59. The van der Waals surface area contributed by atoms with Crippen molar-refractivity contribution in [3.05, 3.63) is 35.4 Å². The van der Waals surface area contributed by atoms with Gasteiger partial charge < -0.3 is 10.2 Å². The van der Waals surface area contributed by atoms with Gasteiger partial charge in [0.15, 0.2) is 17.4 Å². The van der Waals surface area contributed by atoms with Crippen molar-refractivity contribution in [2.24, 2.45) is 0 Å². The maximum Gasteiger partial charge on any atom is 0.200 e. The molecule has 0 aromatic heterocycles. The van der Waals surface area contributed by atoms with Gasteiger partial charge in [-0.2, -0.15) is 4.39 Å². The fraction of sp³-hybridized carbons (Fsp3) is 0.200. The van der Waals surface area contributed by atoms with Crippen molar-refractivity contribution < 1.29 is 19.0 Å². The van der Waals surface area contributed by atoms with Crippen molar-refractivity contribution in [1.29, 1.82) is 0 Å². The number of phenolic OH excluding ortho intramolecular Hbond substituents is 1. The molecular weight excluding hydrogens is 190 g/mol. The van der Waals surface area contributed by atoms with Crippen LogP contribution in [0.2, 0.25) is 0 Å². The average molecular weight is 200 g/mol. The predicted molar refractivity (Wildman–Crippen MR) is 48.8 cm³/mol. The first-order valence-corrected chi connectivity index (χ1v) is 4.10. The maximum absolute atomic E-state index is 12.7. The topological polar surface area (TPSA) is 40.5 Å². The van der Waals surface area contributed by atoms with Crippen molar-refractivity contribution >= 4 is 6.08 Å². The van der Waals surface area contributed by atoms with Gasteiger partial charge in [-0.15, -0.1) is 0 Å². The van der Waals surface area contributed by atoms with E-state index in [4.69, 9.17) is 10.2 Å². The zero-order chi connectivity index (χ0) is 10.6. The molecule has 0 unspecified atom stereocenters. The number of rotatable bonds is 3. The Balaban J connectivity index is 2.89. The zero-order valence-corrected chi connectivity index (χ0v) is 7.37. The molecule has 0 saturated carbocycles. The first-order chi connectivity index (χ1) is 6.65. The monoisotopic (exact) mass is 200 g/mol. The molecule has 14 heavy (non-hydrogen) atoms. The molecule has 0 atom stereocenters. The first kappa shape index (κ1) is 10.7. The lowest BCUT2D eigenvalue weighted by atomic mass is 10.2. The number of benzene rings is 1. The Morgan fingerprint density at radius 3 is 2.57 bits per heavy atom. The largest absolute Gasteiger partial charge is 0.505 e. The van der Waals surface area contributed by atoms with Gasteiger partial charge in [-0.1, -0.05) is 12.2 Å². The van der Waals surface area contributed by atoms with Crippen LogP contribution in [0.1, 0.15) is 12.0 Å². The van der Waals surface area contributed by atoms with Gasteiger partial charge in [0.1, 0.15) is 0 Å². The minimum absolute atomic E-state index is 0.00778. The summed E-state index contributed by atoms with van der Waals surface area (Å²) < 4.78 is 25.3. The molecule has 0 heterocycles. The van der Waals surface area contributed by atoms with E-state index in [0.717, 1.165) is 12.1 Å². The van der Waals surface area contributed by atoms with Crippen LogP contribution in [0.4, 0.5) is 8.78 Å². The molecule has 0 fully saturated rings. The third kappa shape index (κ3) is 2.53. The predicted octanol–water partition coefficient (Wildman–Crippen LogP) is 2.07. The summed E-state index contributed by atoms with van der Waals surface area (Å²) in [4.78, 5) is 0. The molecule has 2 nitrogen and oxygen atoms in total. The van der Waals surface area contributed by atoms with Gasteiger partial charge in [0.2, 0.25) is 0 Å². The van der Waals surface area contributed by atoms with E-state index in [1.165, 1.54) is 6.08 Å². The molecule has 0 spiro atoms. The van der Waals surface area contributed by atoms with Crippen LogP contribution in [0.15, 0.2) is 18.2 Å². The Labute approximate surface area is 80.1 Å². The molecule has 0 aliphatic rings. The molecule has 2 N–H and O–H groups in total. The van der Waals surface area contributed by atoms with Gasteiger partial charge in [0.25, 0.3) is 0 Å². The van der Waals surface area contributed by atoms with Crippen LogP contribution in [0, 0.1) is 11.6 Å². The van der Waals surface area contributed by atoms with Gasteiger partial charge in [-0.05, 0) is 24.1 Å². The summed E-state index contributed by atoms with van der Waals surface area (Å²) in [6.45, 7) is -0.00778. The van der Waals surface area contributed by atoms with Crippen LogP contribution >= 0.6 is 0 Å². The minimum atomic E-state index is -1.25. The third-order valence-corrected chi connectivity index (χ3v) is 1.64. The summed E-state index contributed by atoms with van der Waals surface area (Å²) in [6.07, 6.45) is 3.53. The smallest absolute Gasteiger partial charge is 0.200 e. The first-order valence-electron chi connectivity index (χ1n) is 4.10. The number of aromatic hydroxyl groups is 1. The van der Waals surface area contributed by atoms with Gasteiger partial charge in [-0.3, -0.25) is 0 Å². The lowest BCUT2D eigenvalue weighted by molar-refractivity contribution is 0.303. The van der Waals surface area contributed by atoms with Crippen LogP contribution in [-0.4, -0.2) is 16.8 Å². The van der Waals surface area contributed by atoms with Crippen molar-refractivity contribution in [2.75, 3.05) is 6.61 Å². The van der Waals surface area contributed by atoms with Crippen molar-refractivity contribution in [1.82, 2.24) is 0 Å². The van der Waals surface area contributed by atoms with Crippen LogP contribution in [0.3, 0.4) is 0 Å². The highest BCUT2D eigenvalue weighted by Gasteiger charge is 2.07. The SMILES string of the molecule is OCCC=Cc1cc(O)c(F)c(F)c1. The molecular formula is C10H10F2O2. The van der Waals surface area contributed by atoms with Gasteiger partial charge in [0, 0.05) is 6.61 Å². The molecule has 0 radical (unpaired) electrons. The fourth-order valence-electron chi connectivity index (χ4n) is 0.985. The molecule has 0 aliphatic heterocycles. The Morgan fingerprint density at radius 1 is 1.29 bits per heavy atom. The van der Waals surface area contributed by atoms with E-state index in [9.17, 15) is 8.78 Å². The number of hydrogen-bond donors (Lipinski definition) is 2. The van der Waals surface area contributed by atoms with E-state index in [1.807, 2.05) is 0 Å². The number of phenols is 1. The van der Waals surface area contributed by atoms with Gasteiger partial charge >= 0.3 is 0 Å². The van der Waals surface area contributed by atoms with Gasteiger partial charge in [-0.25, -0.2) is 4.39 Å². The standard InChI is InChI=1S/C10H10F2O2/c11-8-5-7(3-1-2-4-13)6-9(14)10(8)12/h1,3,5-6,13-14H,2,4H2. The van der Waals surface area contributed by atoms with Crippen molar-refractivity contribution in [2.45, 2.75) is 6.42 Å². The molecule has 4 heteroatoms.